The van der Waals surface area contributed by atoms with E-state index in [1.165, 1.54) is 4.88 Å². The lowest BCUT2D eigenvalue weighted by atomic mass is 10.0. The van der Waals surface area contributed by atoms with Gasteiger partial charge >= 0.3 is 0 Å². The molecule has 1 aliphatic rings. The first kappa shape index (κ1) is 21.6. The molecule has 0 saturated carbocycles. The van der Waals surface area contributed by atoms with Gasteiger partial charge in [-0.2, -0.15) is 0 Å². The van der Waals surface area contributed by atoms with Crippen LogP contribution in [-0.4, -0.2) is 61.3 Å². The summed E-state index contributed by atoms with van der Waals surface area (Å²) in [6.07, 6.45) is 0. The molecule has 0 unspecified atom stereocenters. The molecule has 0 aliphatic carbocycles. The van der Waals surface area contributed by atoms with Gasteiger partial charge in [-0.25, -0.2) is 4.98 Å². The Morgan fingerprint density at radius 3 is 2.50 bits per heavy atom. The number of thiazole rings is 1. The van der Waals surface area contributed by atoms with Crippen LogP contribution in [0.2, 0.25) is 0 Å². The van der Waals surface area contributed by atoms with E-state index in [0.717, 1.165) is 56.1 Å². The number of ether oxygens (including phenoxy) is 1. The topological polar surface area (TPSA) is 61.8 Å². The van der Waals surface area contributed by atoms with Crippen molar-refractivity contribution in [1.82, 2.24) is 20.5 Å². The second kappa shape index (κ2) is 9.88. The molecule has 0 radical (unpaired) electrons. The number of nitrogens with one attached hydrogen (secondary N) is 2. The largest absolute Gasteiger partial charge is 0.379 e. The van der Waals surface area contributed by atoms with E-state index in [0.29, 0.717) is 0 Å². The summed E-state index contributed by atoms with van der Waals surface area (Å²) in [5, 5.41) is 7.93. The van der Waals surface area contributed by atoms with E-state index >= 15 is 0 Å². The molecular formula is C16H30IN5OS. The fourth-order valence-electron chi connectivity index (χ4n) is 2.70. The Morgan fingerprint density at radius 2 is 1.96 bits per heavy atom. The van der Waals surface area contributed by atoms with Crippen LogP contribution in [0.1, 0.15) is 29.4 Å². The number of hydrogen-bond acceptors (Lipinski definition) is 5. The second-order valence-electron chi connectivity index (χ2n) is 6.43. The molecule has 0 bridgehead atoms. The SMILES string of the molecule is CN=C(NCc1sc(C)nc1C)NCC(C)(C)N1CCOCC1.I. The second-order valence-corrected chi connectivity index (χ2v) is 7.72. The molecule has 2 N–H and O–H groups in total. The van der Waals surface area contributed by atoms with E-state index in [2.05, 4.69) is 46.3 Å². The Bertz CT molecular complexity index is 541. The highest BCUT2D eigenvalue weighted by atomic mass is 127. The molecule has 2 rings (SSSR count). The summed E-state index contributed by atoms with van der Waals surface area (Å²) in [6.45, 7) is 13.8. The summed E-state index contributed by atoms with van der Waals surface area (Å²) < 4.78 is 5.44. The number of aryl methyl sites for hydroxylation is 2. The number of rotatable bonds is 5. The number of hydrogen-bond donors (Lipinski definition) is 2. The number of nitrogens with zero attached hydrogens (tertiary/aromatic N) is 3. The van der Waals surface area contributed by atoms with E-state index in [1.54, 1.807) is 11.3 Å². The molecule has 1 aromatic heterocycles. The number of guanidine groups is 1. The number of aromatic nitrogens is 1. The number of aliphatic imine (C=N–C) groups is 1. The standard InChI is InChI=1S/C16H29N5OS.HI/c1-12-14(23-13(2)20-12)10-18-15(17-5)19-11-16(3,4)21-6-8-22-9-7-21;/h6-11H2,1-5H3,(H2,17,18,19);1H. The van der Waals surface area contributed by atoms with Crippen molar-refractivity contribution in [3.8, 4) is 0 Å². The molecule has 0 atom stereocenters. The van der Waals surface area contributed by atoms with Gasteiger partial charge in [0.1, 0.15) is 0 Å². The average molecular weight is 467 g/mol. The zero-order valence-electron chi connectivity index (χ0n) is 15.3. The molecule has 24 heavy (non-hydrogen) atoms. The third-order valence-electron chi connectivity index (χ3n) is 4.20. The summed E-state index contributed by atoms with van der Waals surface area (Å²) >= 11 is 1.73. The minimum absolute atomic E-state index is 0. The quantitative estimate of drug-likeness (QED) is 0.395. The van der Waals surface area contributed by atoms with Gasteiger partial charge in [0.15, 0.2) is 5.96 Å². The van der Waals surface area contributed by atoms with Crippen molar-refractivity contribution in [2.75, 3.05) is 39.9 Å². The number of halogens is 1. The summed E-state index contributed by atoms with van der Waals surface area (Å²) in [6, 6.07) is 0. The average Bonchev–Trinajstić information content (AvgIpc) is 2.86. The lowest BCUT2D eigenvalue weighted by molar-refractivity contribution is -0.00834. The van der Waals surface area contributed by atoms with E-state index < -0.39 is 0 Å². The maximum atomic E-state index is 5.44. The molecule has 1 aliphatic heterocycles. The van der Waals surface area contributed by atoms with E-state index in [-0.39, 0.29) is 29.5 Å². The molecule has 0 spiro atoms. The monoisotopic (exact) mass is 467 g/mol. The van der Waals surface area contributed by atoms with Gasteiger partial charge in [-0.05, 0) is 27.7 Å². The highest BCUT2D eigenvalue weighted by Crippen LogP contribution is 2.17. The van der Waals surface area contributed by atoms with Crippen molar-refractivity contribution in [3.63, 3.8) is 0 Å². The lowest BCUT2D eigenvalue weighted by Crippen LogP contribution is -2.56. The van der Waals surface area contributed by atoms with Crippen LogP contribution in [-0.2, 0) is 11.3 Å². The van der Waals surface area contributed by atoms with Gasteiger partial charge < -0.3 is 15.4 Å². The molecule has 2 heterocycles. The first-order chi connectivity index (χ1) is 10.9. The minimum atomic E-state index is 0. The van der Waals surface area contributed by atoms with Crippen LogP contribution < -0.4 is 10.6 Å². The van der Waals surface area contributed by atoms with Crippen molar-refractivity contribution in [2.24, 2.45) is 4.99 Å². The lowest BCUT2D eigenvalue weighted by Gasteiger charge is -2.41. The first-order valence-electron chi connectivity index (χ1n) is 8.12. The summed E-state index contributed by atoms with van der Waals surface area (Å²) in [5.41, 5.74) is 1.17. The Balaban J connectivity index is 0.00000288. The Labute approximate surface area is 166 Å². The van der Waals surface area contributed by atoms with Gasteiger partial charge in [0.2, 0.25) is 0 Å². The van der Waals surface area contributed by atoms with Crippen molar-refractivity contribution < 1.29 is 4.74 Å². The Kier molecular flexibility index (Phi) is 8.89. The minimum Gasteiger partial charge on any atom is -0.379 e. The normalized spacial score (nSPS) is 16.6. The highest BCUT2D eigenvalue weighted by molar-refractivity contribution is 14.0. The zero-order valence-corrected chi connectivity index (χ0v) is 18.5. The van der Waals surface area contributed by atoms with Crippen molar-refractivity contribution in [3.05, 3.63) is 15.6 Å². The van der Waals surface area contributed by atoms with Crippen LogP contribution >= 0.6 is 35.3 Å². The molecular weight excluding hydrogens is 437 g/mol. The third-order valence-corrected chi connectivity index (χ3v) is 5.27. The van der Waals surface area contributed by atoms with Crippen LogP contribution in [0.25, 0.3) is 0 Å². The van der Waals surface area contributed by atoms with Gasteiger partial charge in [0.25, 0.3) is 0 Å². The van der Waals surface area contributed by atoms with Gasteiger partial charge in [0.05, 0.1) is 30.5 Å². The Morgan fingerprint density at radius 1 is 1.29 bits per heavy atom. The highest BCUT2D eigenvalue weighted by Gasteiger charge is 2.28. The predicted molar refractivity (Wildman–Crippen MR) is 112 cm³/mol. The summed E-state index contributed by atoms with van der Waals surface area (Å²) in [4.78, 5) is 12.5. The molecule has 138 valence electrons. The predicted octanol–water partition coefficient (Wildman–Crippen LogP) is 2.15. The molecule has 0 amide bonds. The zero-order chi connectivity index (χ0) is 16.9. The first-order valence-corrected chi connectivity index (χ1v) is 8.94. The van der Waals surface area contributed by atoms with Crippen LogP contribution in [0.15, 0.2) is 4.99 Å². The van der Waals surface area contributed by atoms with Gasteiger partial charge in [-0.1, -0.05) is 0 Å². The van der Waals surface area contributed by atoms with Crippen LogP contribution in [0.3, 0.4) is 0 Å². The summed E-state index contributed by atoms with van der Waals surface area (Å²) in [7, 11) is 1.81. The van der Waals surface area contributed by atoms with Crippen molar-refractivity contribution >= 4 is 41.3 Å². The van der Waals surface area contributed by atoms with Crippen LogP contribution in [0, 0.1) is 13.8 Å². The van der Waals surface area contributed by atoms with E-state index in [9.17, 15) is 0 Å². The fourth-order valence-corrected chi connectivity index (χ4v) is 3.58. The van der Waals surface area contributed by atoms with Crippen LogP contribution in [0.5, 0.6) is 0 Å². The number of morpholine rings is 1. The molecule has 1 saturated heterocycles. The van der Waals surface area contributed by atoms with E-state index in [1.807, 2.05) is 14.0 Å². The summed E-state index contributed by atoms with van der Waals surface area (Å²) in [5.74, 6) is 0.830. The van der Waals surface area contributed by atoms with Crippen molar-refractivity contribution in [2.45, 2.75) is 39.8 Å². The van der Waals surface area contributed by atoms with Crippen molar-refractivity contribution in [1.29, 1.82) is 0 Å². The third kappa shape index (κ3) is 6.12. The molecule has 6 nitrogen and oxygen atoms in total. The van der Waals surface area contributed by atoms with Gasteiger partial charge in [-0.15, -0.1) is 35.3 Å². The maximum Gasteiger partial charge on any atom is 0.191 e. The maximum absolute atomic E-state index is 5.44. The molecule has 1 fully saturated rings. The van der Waals surface area contributed by atoms with Crippen LogP contribution in [0.4, 0.5) is 0 Å². The Hall–Kier alpha value is -0.450. The fraction of sp³-hybridized carbons (Fsp3) is 0.750. The van der Waals surface area contributed by atoms with Gasteiger partial charge in [-0.3, -0.25) is 9.89 Å². The molecule has 1 aromatic rings. The molecule has 8 heteroatoms. The van der Waals surface area contributed by atoms with E-state index in [4.69, 9.17) is 4.74 Å². The smallest absolute Gasteiger partial charge is 0.191 e. The molecule has 0 aromatic carbocycles. The van der Waals surface area contributed by atoms with Gasteiger partial charge in [0, 0.05) is 37.1 Å².